The summed E-state index contributed by atoms with van der Waals surface area (Å²) in [4.78, 5) is 10.1. The first-order valence-electron chi connectivity index (χ1n) is 5.52. The van der Waals surface area contributed by atoms with E-state index < -0.39 is 14.9 Å². The van der Waals surface area contributed by atoms with Crippen molar-refractivity contribution in [2.75, 3.05) is 4.72 Å². The number of hydrogen-bond acceptors (Lipinski definition) is 4. The zero-order valence-electron chi connectivity index (χ0n) is 10.3. The zero-order valence-corrected chi connectivity index (χ0v) is 13.4. The van der Waals surface area contributed by atoms with E-state index in [9.17, 15) is 18.5 Å². The molecule has 1 N–H and O–H groups in total. The van der Waals surface area contributed by atoms with E-state index in [1.54, 1.807) is 12.1 Å². The third kappa shape index (κ3) is 3.72. The van der Waals surface area contributed by atoms with Crippen LogP contribution in [0.5, 0.6) is 0 Å². The first kappa shape index (κ1) is 15.7. The van der Waals surface area contributed by atoms with E-state index in [-0.39, 0.29) is 21.3 Å². The van der Waals surface area contributed by atoms with Crippen molar-refractivity contribution in [1.82, 2.24) is 0 Å². The number of nitro groups is 1. The van der Waals surface area contributed by atoms with E-state index >= 15 is 0 Å². The summed E-state index contributed by atoms with van der Waals surface area (Å²) < 4.78 is 27.3. The maximum absolute atomic E-state index is 12.2. The Morgan fingerprint density at radius 1 is 1.19 bits per heavy atom. The lowest BCUT2D eigenvalue weighted by Crippen LogP contribution is -2.12. The fraction of sp³-hybridized carbons (Fsp3) is 0. The molecular weight excluding hydrogens is 384 g/mol. The van der Waals surface area contributed by atoms with Crippen molar-refractivity contribution in [3.05, 3.63) is 62.1 Å². The monoisotopic (exact) mass is 390 g/mol. The van der Waals surface area contributed by atoms with Crippen molar-refractivity contribution < 1.29 is 13.3 Å². The number of nitrogens with one attached hydrogen (secondary N) is 1. The molecule has 0 amide bonds. The summed E-state index contributed by atoms with van der Waals surface area (Å²) in [6.07, 6.45) is 0. The van der Waals surface area contributed by atoms with E-state index in [0.717, 1.165) is 6.07 Å². The minimum absolute atomic E-state index is 0.0614. The Balaban J connectivity index is 2.33. The minimum atomic E-state index is -3.79. The molecule has 0 aliphatic heterocycles. The van der Waals surface area contributed by atoms with Crippen molar-refractivity contribution in [2.45, 2.75) is 4.90 Å². The number of halogens is 2. The molecule has 6 nitrogen and oxygen atoms in total. The molecule has 0 spiro atoms. The van der Waals surface area contributed by atoms with Crippen molar-refractivity contribution in [3.8, 4) is 0 Å². The second-order valence-corrected chi connectivity index (χ2v) is 6.99. The highest BCUT2D eigenvalue weighted by Crippen LogP contribution is 2.28. The highest BCUT2D eigenvalue weighted by molar-refractivity contribution is 9.10. The van der Waals surface area contributed by atoms with E-state index in [4.69, 9.17) is 11.6 Å². The molecule has 2 rings (SSSR count). The summed E-state index contributed by atoms with van der Waals surface area (Å²) in [5.41, 5.74) is -0.146. The second kappa shape index (κ2) is 6.00. The van der Waals surface area contributed by atoms with Crippen LogP contribution in [0.4, 0.5) is 11.4 Å². The molecular formula is C12H8BrClN2O4S. The van der Waals surface area contributed by atoms with Crippen molar-refractivity contribution in [1.29, 1.82) is 0 Å². The maximum atomic E-state index is 12.2. The molecule has 0 bridgehead atoms. The summed E-state index contributed by atoms with van der Waals surface area (Å²) in [6.45, 7) is 0. The Labute approximate surface area is 134 Å². The quantitative estimate of drug-likeness (QED) is 0.634. The number of rotatable bonds is 4. The van der Waals surface area contributed by atoms with Gasteiger partial charge in [-0.1, -0.05) is 33.6 Å². The molecule has 0 unspecified atom stereocenters. The van der Waals surface area contributed by atoms with Crippen LogP contribution in [0, 0.1) is 10.1 Å². The number of benzene rings is 2. The molecule has 0 radical (unpaired) electrons. The SMILES string of the molecule is O=[N+]([O-])c1ccc(NS(=O)(=O)c2cccc(Br)c2)cc1Cl. The van der Waals surface area contributed by atoms with Crippen LogP contribution in [0.15, 0.2) is 51.8 Å². The average Bonchev–Trinajstić information content (AvgIpc) is 2.37. The Bertz CT molecular complexity index is 811. The Hall–Kier alpha value is -1.64. The summed E-state index contributed by atoms with van der Waals surface area (Å²) in [5.74, 6) is 0. The van der Waals surface area contributed by atoms with Gasteiger partial charge in [-0.05, 0) is 30.3 Å². The largest absolute Gasteiger partial charge is 0.288 e. The van der Waals surface area contributed by atoms with E-state index in [1.807, 2.05) is 0 Å². The molecule has 9 heteroatoms. The topological polar surface area (TPSA) is 89.3 Å². The summed E-state index contributed by atoms with van der Waals surface area (Å²) in [6, 6.07) is 9.76. The molecule has 0 saturated heterocycles. The number of anilines is 1. The zero-order chi connectivity index (χ0) is 15.6. The van der Waals surface area contributed by atoms with Crippen molar-refractivity contribution >= 4 is 48.9 Å². The first-order chi connectivity index (χ1) is 9.79. The second-order valence-electron chi connectivity index (χ2n) is 3.99. The predicted molar refractivity (Wildman–Crippen MR) is 83.1 cm³/mol. The molecule has 0 aliphatic carbocycles. The van der Waals surface area contributed by atoms with Gasteiger partial charge in [0.05, 0.1) is 15.5 Å². The number of nitrogens with zero attached hydrogens (tertiary/aromatic N) is 1. The number of hydrogen-bond donors (Lipinski definition) is 1. The van der Waals surface area contributed by atoms with Crippen LogP contribution in [0.2, 0.25) is 5.02 Å². The molecule has 0 aromatic heterocycles. The molecule has 2 aromatic carbocycles. The molecule has 21 heavy (non-hydrogen) atoms. The van der Waals surface area contributed by atoms with Crippen LogP contribution in [-0.4, -0.2) is 13.3 Å². The van der Waals surface area contributed by atoms with Gasteiger partial charge < -0.3 is 0 Å². The van der Waals surface area contributed by atoms with Gasteiger partial charge in [-0.25, -0.2) is 8.42 Å². The van der Waals surface area contributed by atoms with Gasteiger partial charge in [-0.15, -0.1) is 0 Å². The highest BCUT2D eigenvalue weighted by atomic mass is 79.9. The van der Waals surface area contributed by atoms with Crippen LogP contribution < -0.4 is 4.72 Å². The van der Waals surface area contributed by atoms with Crippen molar-refractivity contribution in [3.63, 3.8) is 0 Å². The fourth-order valence-electron chi connectivity index (χ4n) is 1.57. The maximum Gasteiger partial charge on any atom is 0.288 e. The molecule has 0 saturated carbocycles. The van der Waals surface area contributed by atoms with Gasteiger partial charge in [0.1, 0.15) is 5.02 Å². The van der Waals surface area contributed by atoms with E-state index in [1.165, 1.54) is 24.3 Å². The summed E-state index contributed by atoms with van der Waals surface area (Å²) in [7, 11) is -3.79. The van der Waals surface area contributed by atoms with Crippen LogP contribution in [0.1, 0.15) is 0 Å². The molecule has 2 aromatic rings. The van der Waals surface area contributed by atoms with Crippen LogP contribution >= 0.6 is 27.5 Å². The van der Waals surface area contributed by atoms with Gasteiger partial charge in [0.25, 0.3) is 15.7 Å². The lowest BCUT2D eigenvalue weighted by molar-refractivity contribution is -0.384. The van der Waals surface area contributed by atoms with Gasteiger partial charge in [-0.2, -0.15) is 0 Å². The lowest BCUT2D eigenvalue weighted by atomic mass is 10.3. The van der Waals surface area contributed by atoms with Gasteiger partial charge in [0, 0.05) is 10.5 Å². The molecule has 110 valence electrons. The predicted octanol–water partition coefficient (Wildman–Crippen LogP) is 3.81. The van der Waals surface area contributed by atoms with Crippen LogP contribution in [0.3, 0.4) is 0 Å². The van der Waals surface area contributed by atoms with Crippen LogP contribution in [-0.2, 0) is 10.0 Å². The Kier molecular flexibility index (Phi) is 4.50. The van der Waals surface area contributed by atoms with Gasteiger partial charge in [0.15, 0.2) is 0 Å². The summed E-state index contributed by atoms with van der Waals surface area (Å²) >= 11 is 8.93. The molecule has 0 aliphatic rings. The molecule has 0 heterocycles. The van der Waals surface area contributed by atoms with Crippen molar-refractivity contribution in [2.24, 2.45) is 0 Å². The third-order valence-corrected chi connectivity index (χ3v) is 4.68. The van der Waals surface area contributed by atoms with Crippen LogP contribution in [0.25, 0.3) is 0 Å². The average molecular weight is 392 g/mol. The summed E-state index contributed by atoms with van der Waals surface area (Å²) in [5, 5.41) is 10.5. The van der Waals surface area contributed by atoms with E-state index in [2.05, 4.69) is 20.7 Å². The Morgan fingerprint density at radius 2 is 1.90 bits per heavy atom. The van der Waals surface area contributed by atoms with Gasteiger partial charge in [-0.3, -0.25) is 14.8 Å². The Morgan fingerprint density at radius 3 is 2.48 bits per heavy atom. The smallest absolute Gasteiger partial charge is 0.280 e. The highest BCUT2D eigenvalue weighted by Gasteiger charge is 2.17. The van der Waals surface area contributed by atoms with Gasteiger partial charge >= 0.3 is 0 Å². The molecule has 0 atom stereocenters. The minimum Gasteiger partial charge on any atom is -0.280 e. The first-order valence-corrected chi connectivity index (χ1v) is 8.17. The molecule has 0 fully saturated rings. The standard InChI is InChI=1S/C12H8BrClN2O4S/c13-8-2-1-3-10(6-8)21(19,20)15-9-4-5-12(16(17)18)11(14)7-9/h1-7,15H. The normalized spacial score (nSPS) is 11.1. The lowest BCUT2D eigenvalue weighted by Gasteiger charge is -2.08. The third-order valence-electron chi connectivity index (χ3n) is 2.50. The fourth-order valence-corrected chi connectivity index (χ4v) is 3.46. The number of sulfonamides is 1. The number of nitro benzene ring substituents is 1. The van der Waals surface area contributed by atoms with E-state index in [0.29, 0.717) is 4.47 Å². The van der Waals surface area contributed by atoms with Gasteiger partial charge in [0.2, 0.25) is 0 Å².